The number of nitrogens with zero attached hydrogens (tertiary/aromatic N) is 2. The zero-order chi connectivity index (χ0) is 26.1. The van der Waals surface area contributed by atoms with E-state index < -0.39 is 17.0 Å². The third-order valence-corrected chi connectivity index (χ3v) is 5.78. The third-order valence-electron chi connectivity index (χ3n) is 4.92. The summed E-state index contributed by atoms with van der Waals surface area (Å²) in [6.07, 6.45) is 4.51. The molecule has 1 amide bonds. The number of carbonyl (C=O) groups is 2. The van der Waals surface area contributed by atoms with Gasteiger partial charge < -0.3 is 15.4 Å². The Kier molecular flexibility index (Phi) is 9.25. The van der Waals surface area contributed by atoms with Crippen molar-refractivity contribution in [3.63, 3.8) is 0 Å². The summed E-state index contributed by atoms with van der Waals surface area (Å²) in [5.74, 6) is -0.552. The molecular weight excluding hydrogens is 472 g/mol. The highest BCUT2D eigenvalue weighted by Crippen LogP contribution is 2.27. The topological polar surface area (TPSA) is 92.7 Å². The lowest BCUT2D eigenvalue weighted by Crippen LogP contribution is -2.45. The summed E-state index contributed by atoms with van der Waals surface area (Å²) in [6, 6.07) is 19.2. The smallest absolute Gasteiger partial charge is 0.312 e. The Morgan fingerprint density at radius 3 is 2.44 bits per heavy atom. The van der Waals surface area contributed by atoms with Gasteiger partial charge in [-0.25, -0.2) is 4.99 Å². The lowest BCUT2D eigenvalue weighted by atomic mass is 9.97. The molecule has 1 heterocycles. The molecule has 7 nitrogen and oxygen atoms in total. The van der Waals surface area contributed by atoms with Crippen molar-refractivity contribution >= 4 is 51.5 Å². The van der Waals surface area contributed by atoms with Crippen molar-refractivity contribution in [2.75, 3.05) is 0 Å². The van der Waals surface area contributed by atoms with Crippen LogP contribution in [0.4, 0.5) is 5.69 Å². The summed E-state index contributed by atoms with van der Waals surface area (Å²) in [5, 5.41) is 7.57. The first-order valence-electron chi connectivity index (χ1n) is 11.7. The number of thioether (sulfide) groups is 1. The van der Waals surface area contributed by atoms with Crippen LogP contribution in [-0.2, 0) is 14.3 Å². The molecule has 2 unspecified atom stereocenters. The van der Waals surface area contributed by atoms with Crippen LogP contribution in [0.1, 0.15) is 40.2 Å². The minimum absolute atomic E-state index is 0.248. The first-order chi connectivity index (χ1) is 17.1. The van der Waals surface area contributed by atoms with E-state index in [4.69, 9.17) is 9.73 Å². The molecule has 0 fully saturated rings. The van der Waals surface area contributed by atoms with E-state index >= 15 is 0 Å². The number of esters is 1. The van der Waals surface area contributed by atoms with Crippen molar-refractivity contribution < 1.29 is 14.3 Å². The van der Waals surface area contributed by atoms with Crippen LogP contribution < -0.4 is 10.6 Å². The molecule has 188 valence electrons. The van der Waals surface area contributed by atoms with Crippen LogP contribution in [0.3, 0.4) is 0 Å². The van der Waals surface area contributed by atoms with Crippen LogP contribution >= 0.6 is 11.8 Å². The van der Waals surface area contributed by atoms with Gasteiger partial charge in [0.05, 0.1) is 22.8 Å². The highest BCUT2D eigenvalue weighted by atomic mass is 32.2. The van der Waals surface area contributed by atoms with Gasteiger partial charge in [-0.3, -0.25) is 14.6 Å². The number of hydrogen-bond donors (Lipinski definition) is 2. The first kappa shape index (κ1) is 26.9. The second-order valence-corrected chi connectivity index (χ2v) is 10.5. The summed E-state index contributed by atoms with van der Waals surface area (Å²) in [6.45, 7) is 9.03. The van der Waals surface area contributed by atoms with E-state index in [9.17, 15) is 9.59 Å². The van der Waals surface area contributed by atoms with Gasteiger partial charge in [-0.2, -0.15) is 0 Å². The number of benzene rings is 2. The lowest BCUT2D eigenvalue weighted by Gasteiger charge is -2.23. The van der Waals surface area contributed by atoms with Crippen LogP contribution in [0.25, 0.3) is 17.0 Å². The van der Waals surface area contributed by atoms with Gasteiger partial charge >= 0.3 is 5.97 Å². The monoisotopic (exact) mass is 504 g/mol. The molecule has 0 saturated heterocycles. The number of aliphatic imine (C=N–C) groups is 1. The van der Waals surface area contributed by atoms with Crippen molar-refractivity contribution in [2.24, 2.45) is 10.4 Å². The Morgan fingerprint density at radius 2 is 1.72 bits per heavy atom. The quantitative estimate of drug-likeness (QED) is 0.142. The van der Waals surface area contributed by atoms with Crippen molar-refractivity contribution in [3.05, 3.63) is 78.5 Å². The van der Waals surface area contributed by atoms with E-state index in [1.165, 1.54) is 17.8 Å². The number of fused-ring (bicyclic) bond motifs is 1. The van der Waals surface area contributed by atoms with Crippen LogP contribution in [0.15, 0.2) is 77.9 Å². The van der Waals surface area contributed by atoms with Gasteiger partial charge in [0.2, 0.25) is 5.91 Å². The lowest BCUT2D eigenvalue weighted by molar-refractivity contribution is -0.153. The molecule has 0 spiro atoms. The summed E-state index contributed by atoms with van der Waals surface area (Å²) in [4.78, 5) is 34.1. The second kappa shape index (κ2) is 12.4. The molecular formula is C28H32N4O3S. The van der Waals surface area contributed by atoms with Gasteiger partial charge in [-0.1, -0.05) is 48.5 Å². The number of aromatic nitrogens is 1. The molecule has 0 radical (unpaired) electrons. The number of pyridine rings is 1. The predicted molar refractivity (Wildman–Crippen MR) is 148 cm³/mol. The highest BCUT2D eigenvalue weighted by Gasteiger charge is 2.26. The number of carbonyl (C=O) groups excluding carboxylic acids is 2. The number of hydrogen-bond acceptors (Lipinski definition) is 6. The fourth-order valence-corrected chi connectivity index (χ4v) is 3.95. The molecule has 3 rings (SSSR count). The largest absolute Gasteiger partial charge is 0.451 e. The van der Waals surface area contributed by atoms with Crippen LogP contribution in [0.5, 0.6) is 0 Å². The Labute approximate surface area is 216 Å². The van der Waals surface area contributed by atoms with Crippen LogP contribution in [0.2, 0.25) is 0 Å². The molecule has 36 heavy (non-hydrogen) atoms. The maximum Gasteiger partial charge on any atom is 0.312 e. The SMILES string of the molecule is CC(NC(=O)/C=C/c1ccccc1)N/C(=N\c1cccc2cccnc12)SC(C)OC(=O)C(C)(C)C. The number of para-hydroxylation sites is 1. The Morgan fingerprint density at radius 1 is 1.00 bits per heavy atom. The van der Waals surface area contributed by atoms with Gasteiger partial charge in [0.15, 0.2) is 10.6 Å². The molecule has 0 aliphatic heterocycles. The van der Waals surface area contributed by atoms with Gasteiger partial charge in [0, 0.05) is 17.7 Å². The number of rotatable bonds is 7. The predicted octanol–water partition coefficient (Wildman–Crippen LogP) is 5.66. The van der Waals surface area contributed by atoms with E-state index in [0.717, 1.165) is 16.5 Å². The first-order valence-corrected chi connectivity index (χ1v) is 12.6. The fraction of sp³-hybridized carbons (Fsp3) is 0.286. The van der Waals surface area contributed by atoms with E-state index in [2.05, 4.69) is 15.6 Å². The van der Waals surface area contributed by atoms with Gasteiger partial charge in [0.25, 0.3) is 0 Å². The van der Waals surface area contributed by atoms with Crippen molar-refractivity contribution in [2.45, 2.75) is 46.2 Å². The fourth-order valence-electron chi connectivity index (χ4n) is 3.11. The minimum atomic E-state index is -0.620. The number of amides is 1. The van der Waals surface area contributed by atoms with E-state index in [1.54, 1.807) is 19.2 Å². The zero-order valence-corrected chi connectivity index (χ0v) is 22.0. The Hall–Kier alpha value is -3.65. The minimum Gasteiger partial charge on any atom is -0.451 e. The maximum atomic E-state index is 12.5. The molecule has 2 N–H and O–H groups in total. The van der Waals surface area contributed by atoms with E-state index in [0.29, 0.717) is 10.9 Å². The third kappa shape index (κ3) is 8.23. The highest BCUT2D eigenvalue weighted by molar-refractivity contribution is 8.14. The molecule has 0 saturated carbocycles. The molecule has 2 atom stereocenters. The van der Waals surface area contributed by atoms with E-state index in [-0.39, 0.29) is 11.9 Å². The normalized spacial score (nSPS) is 13.9. The molecule has 0 aliphatic rings. The average Bonchev–Trinajstić information content (AvgIpc) is 2.83. The van der Waals surface area contributed by atoms with Crippen LogP contribution in [0, 0.1) is 5.41 Å². The number of ether oxygens (including phenoxy) is 1. The van der Waals surface area contributed by atoms with Gasteiger partial charge in [-0.15, -0.1) is 0 Å². The molecule has 2 aromatic carbocycles. The molecule has 1 aromatic heterocycles. The summed E-state index contributed by atoms with van der Waals surface area (Å²) < 4.78 is 5.61. The second-order valence-electron chi connectivity index (χ2n) is 9.23. The van der Waals surface area contributed by atoms with Gasteiger partial charge in [-0.05, 0) is 70.2 Å². The molecule has 8 heteroatoms. The summed E-state index contributed by atoms with van der Waals surface area (Å²) in [7, 11) is 0. The number of amidine groups is 1. The summed E-state index contributed by atoms with van der Waals surface area (Å²) in [5.41, 5.74) is 1.23. The number of nitrogens with one attached hydrogen (secondary N) is 2. The van der Waals surface area contributed by atoms with Crippen molar-refractivity contribution in [1.29, 1.82) is 0 Å². The van der Waals surface area contributed by atoms with Gasteiger partial charge in [0.1, 0.15) is 0 Å². The maximum absolute atomic E-state index is 12.5. The summed E-state index contributed by atoms with van der Waals surface area (Å²) >= 11 is 1.26. The van der Waals surface area contributed by atoms with Crippen molar-refractivity contribution in [1.82, 2.24) is 15.6 Å². The van der Waals surface area contributed by atoms with E-state index in [1.807, 2.05) is 88.4 Å². The Bertz CT molecular complexity index is 1250. The molecule has 0 bridgehead atoms. The van der Waals surface area contributed by atoms with Crippen molar-refractivity contribution in [3.8, 4) is 0 Å². The Balaban J connectivity index is 1.77. The zero-order valence-electron chi connectivity index (χ0n) is 21.2. The molecule has 3 aromatic rings. The molecule has 0 aliphatic carbocycles. The average molecular weight is 505 g/mol. The van der Waals surface area contributed by atoms with Crippen LogP contribution in [-0.4, -0.2) is 33.6 Å². The standard InChI is InChI=1S/C28H32N4O3S/c1-19(30-24(33)17-16-21-11-7-6-8-12-21)31-27(36-20(2)35-26(34)28(3,4)5)32-23-15-9-13-22-14-10-18-29-25(22)23/h6-20H,1-5H3,(H,30,33)(H,31,32)/b17-16+.